The molecule has 0 aromatic heterocycles. The summed E-state index contributed by atoms with van der Waals surface area (Å²) in [6, 6.07) is 1.72. The third-order valence-corrected chi connectivity index (χ3v) is 7.30. The summed E-state index contributed by atoms with van der Waals surface area (Å²) in [6.07, 6.45) is 8.80. The molecule has 126 valence electrons. The summed E-state index contributed by atoms with van der Waals surface area (Å²) in [5.74, 6) is 1.91. The van der Waals surface area contributed by atoms with Crippen LogP contribution in [0.2, 0.25) is 0 Å². The standard InChI is InChI=1S/C19H35N3/c1-15(2)16-5-7-19(8-6-16)13-22(14-19)18-11-21(12-18)17-4-3-9-20-10-17/h15-18,20H,3-14H2,1-2H3. The second-order valence-corrected chi connectivity index (χ2v) is 9.09. The predicted octanol–water partition coefficient (Wildman–Crippen LogP) is 2.57. The smallest absolute Gasteiger partial charge is 0.0351 e. The highest BCUT2D eigenvalue weighted by molar-refractivity contribution is 5.04. The summed E-state index contributed by atoms with van der Waals surface area (Å²) in [7, 11) is 0. The van der Waals surface area contributed by atoms with Gasteiger partial charge in [-0.15, -0.1) is 0 Å². The minimum absolute atomic E-state index is 0.734. The van der Waals surface area contributed by atoms with Crippen molar-refractivity contribution >= 4 is 0 Å². The molecule has 22 heavy (non-hydrogen) atoms. The van der Waals surface area contributed by atoms with E-state index in [1.807, 2.05) is 0 Å². The molecule has 0 radical (unpaired) electrons. The van der Waals surface area contributed by atoms with Crippen LogP contribution in [0.15, 0.2) is 0 Å². The van der Waals surface area contributed by atoms with Crippen LogP contribution >= 0.6 is 0 Å². The Bertz CT molecular complexity index is 366. The Labute approximate surface area is 136 Å². The van der Waals surface area contributed by atoms with E-state index in [0.717, 1.165) is 29.3 Å². The van der Waals surface area contributed by atoms with Crippen LogP contribution in [0.5, 0.6) is 0 Å². The van der Waals surface area contributed by atoms with Gasteiger partial charge in [-0.1, -0.05) is 13.8 Å². The fourth-order valence-corrected chi connectivity index (χ4v) is 5.47. The van der Waals surface area contributed by atoms with Crippen molar-refractivity contribution in [2.24, 2.45) is 17.3 Å². The van der Waals surface area contributed by atoms with Crippen LogP contribution in [0, 0.1) is 17.3 Å². The van der Waals surface area contributed by atoms with E-state index in [-0.39, 0.29) is 0 Å². The molecule has 4 rings (SSSR count). The van der Waals surface area contributed by atoms with E-state index in [2.05, 4.69) is 29.0 Å². The van der Waals surface area contributed by atoms with Crippen molar-refractivity contribution in [1.82, 2.24) is 15.1 Å². The largest absolute Gasteiger partial charge is 0.315 e. The molecule has 0 aromatic carbocycles. The Morgan fingerprint density at radius 3 is 2.27 bits per heavy atom. The Kier molecular flexibility index (Phi) is 4.25. The summed E-state index contributed by atoms with van der Waals surface area (Å²) in [6.45, 7) is 12.8. The maximum atomic E-state index is 3.56. The molecule has 3 aliphatic heterocycles. The van der Waals surface area contributed by atoms with Gasteiger partial charge in [-0.2, -0.15) is 0 Å². The topological polar surface area (TPSA) is 18.5 Å². The van der Waals surface area contributed by atoms with Crippen molar-refractivity contribution in [3.05, 3.63) is 0 Å². The number of nitrogens with one attached hydrogen (secondary N) is 1. The van der Waals surface area contributed by atoms with Gasteiger partial charge in [0.05, 0.1) is 0 Å². The Morgan fingerprint density at radius 1 is 0.955 bits per heavy atom. The van der Waals surface area contributed by atoms with Crippen molar-refractivity contribution in [2.75, 3.05) is 39.3 Å². The number of rotatable bonds is 3. The zero-order chi connectivity index (χ0) is 15.2. The Morgan fingerprint density at radius 2 is 1.68 bits per heavy atom. The quantitative estimate of drug-likeness (QED) is 0.864. The number of likely N-dealkylation sites (tertiary alicyclic amines) is 2. The molecule has 4 aliphatic rings. The summed E-state index contributed by atoms with van der Waals surface area (Å²) in [5, 5.41) is 3.56. The first-order valence-electron chi connectivity index (χ1n) is 9.84. The number of piperidine rings is 1. The predicted molar refractivity (Wildman–Crippen MR) is 92.1 cm³/mol. The highest BCUT2D eigenvalue weighted by Crippen LogP contribution is 2.48. The van der Waals surface area contributed by atoms with Crippen molar-refractivity contribution < 1.29 is 0 Å². The molecule has 3 nitrogen and oxygen atoms in total. The normalized spacial score (nSPS) is 34.8. The first kappa shape index (κ1) is 15.4. The molecule has 1 unspecified atom stereocenters. The lowest BCUT2D eigenvalue weighted by Gasteiger charge is -2.60. The van der Waals surface area contributed by atoms with Crippen LogP contribution in [0.25, 0.3) is 0 Å². The van der Waals surface area contributed by atoms with Crippen LogP contribution < -0.4 is 5.32 Å². The third-order valence-electron chi connectivity index (χ3n) is 7.30. The molecule has 3 saturated heterocycles. The first-order valence-corrected chi connectivity index (χ1v) is 9.84. The maximum absolute atomic E-state index is 3.56. The summed E-state index contributed by atoms with van der Waals surface area (Å²) < 4.78 is 0. The van der Waals surface area contributed by atoms with E-state index < -0.39 is 0 Å². The summed E-state index contributed by atoms with van der Waals surface area (Å²) in [4.78, 5) is 5.54. The fraction of sp³-hybridized carbons (Fsp3) is 1.00. The van der Waals surface area contributed by atoms with E-state index in [9.17, 15) is 0 Å². The zero-order valence-electron chi connectivity index (χ0n) is 14.7. The van der Waals surface area contributed by atoms with Crippen molar-refractivity contribution in [3.8, 4) is 0 Å². The summed E-state index contributed by atoms with van der Waals surface area (Å²) in [5.41, 5.74) is 0.734. The molecular weight excluding hydrogens is 270 g/mol. The van der Waals surface area contributed by atoms with Gasteiger partial charge in [-0.05, 0) is 62.3 Å². The molecule has 1 aliphatic carbocycles. The van der Waals surface area contributed by atoms with E-state index >= 15 is 0 Å². The minimum Gasteiger partial charge on any atom is -0.315 e. The Hall–Kier alpha value is -0.120. The van der Waals surface area contributed by atoms with Gasteiger partial charge in [-0.3, -0.25) is 9.80 Å². The van der Waals surface area contributed by atoms with Crippen LogP contribution in [-0.2, 0) is 0 Å². The molecule has 0 bridgehead atoms. The molecule has 4 fully saturated rings. The van der Waals surface area contributed by atoms with E-state index in [0.29, 0.717) is 0 Å². The van der Waals surface area contributed by atoms with Crippen molar-refractivity contribution in [3.63, 3.8) is 0 Å². The van der Waals surface area contributed by atoms with Gasteiger partial charge in [-0.25, -0.2) is 0 Å². The molecule has 1 N–H and O–H groups in total. The van der Waals surface area contributed by atoms with E-state index in [1.54, 1.807) is 0 Å². The maximum Gasteiger partial charge on any atom is 0.0351 e. The molecule has 3 heteroatoms. The van der Waals surface area contributed by atoms with Crippen LogP contribution in [0.3, 0.4) is 0 Å². The minimum atomic E-state index is 0.734. The molecule has 0 aromatic rings. The van der Waals surface area contributed by atoms with Gasteiger partial charge in [0, 0.05) is 44.8 Å². The van der Waals surface area contributed by atoms with E-state index in [4.69, 9.17) is 0 Å². The molecular formula is C19H35N3. The molecule has 1 atom stereocenters. The Balaban J connectivity index is 1.19. The first-order chi connectivity index (χ1) is 10.7. The average Bonchev–Trinajstić information content (AvgIpc) is 2.45. The summed E-state index contributed by atoms with van der Waals surface area (Å²) >= 11 is 0. The lowest BCUT2D eigenvalue weighted by atomic mass is 9.63. The van der Waals surface area contributed by atoms with Crippen LogP contribution in [0.4, 0.5) is 0 Å². The molecule has 0 amide bonds. The van der Waals surface area contributed by atoms with Gasteiger partial charge >= 0.3 is 0 Å². The van der Waals surface area contributed by atoms with Gasteiger partial charge in [0.1, 0.15) is 0 Å². The SMILES string of the molecule is CC(C)C1CCC2(CC1)CN(C1CN(C3CCCNC3)C1)C2. The van der Waals surface area contributed by atoms with Gasteiger partial charge in [0.2, 0.25) is 0 Å². The van der Waals surface area contributed by atoms with Gasteiger partial charge < -0.3 is 5.32 Å². The second-order valence-electron chi connectivity index (χ2n) is 9.09. The third kappa shape index (κ3) is 2.85. The number of nitrogens with zero attached hydrogens (tertiary/aromatic N) is 2. The van der Waals surface area contributed by atoms with Crippen LogP contribution in [-0.4, -0.2) is 61.2 Å². The lowest BCUT2D eigenvalue weighted by molar-refractivity contribution is -0.111. The van der Waals surface area contributed by atoms with Gasteiger partial charge in [0.15, 0.2) is 0 Å². The average molecular weight is 306 g/mol. The van der Waals surface area contributed by atoms with Crippen LogP contribution in [0.1, 0.15) is 52.4 Å². The van der Waals surface area contributed by atoms with Crippen molar-refractivity contribution in [2.45, 2.75) is 64.5 Å². The fourth-order valence-electron chi connectivity index (χ4n) is 5.47. The van der Waals surface area contributed by atoms with Gasteiger partial charge in [0.25, 0.3) is 0 Å². The zero-order valence-corrected chi connectivity index (χ0v) is 14.7. The molecule has 1 spiro atoms. The van der Waals surface area contributed by atoms with Crippen molar-refractivity contribution in [1.29, 1.82) is 0 Å². The lowest BCUT2D eigenvalue weighted by Crippen LogP contribution is -2.71. The highest BCUT2D eigenvalue weighted by atomic mass is 15.4. The highest BCUT2D eigenvalue weighted by Gasteiger charge is 2.49. The molecule has 1 saturated carbocycles. The second kappa shape index (κ2) is 6.07. The van der Waals surface area contributed by atoms with E-state index in [1.165, 1.54) is 77.8 Å². The number of hydrogen-bond acceptors (Lipinski definition) is 3. The number of hydrogen-bond donors (Lipinski definition) is 1. The molecule has 3 heterocycles. The monoisotopic (exact) mass is 305 g/mol.